The lowest BCUT2D eigenvalue weighted by molar-refractivity contribution is -0.114. The standard InChI is InChI=1S/C15H15N3O2/c1-11(19)16-14-9-5-6-12(10-14)15(20)18-17-13-7-3-2-4-8-13/h2-10,17H,1H3,(H,16,19)(H,18,20). The van der Waals surface area contributed by atoms with Crippen LogP contribution in [0.5, 0.6) is 0 Å². The molecular weight excluding hydrogens is 254 g/mol. The van der Waals surface area contributed by atoms with Crippen molar-refractivity contribution in [2.24, 2.45) is 0 Å². The highest BCUT2D eigenvalue weighted by Gasteiger charge is 2.06. The third kappa shape index (κ3) is 3.84. The number of hydrazine groups is 1. The van der Waals surface area contributed by atoms with Crippen LogP contribution in [0.4, 0.5) is 11.4 Å². The second-order valence-corrected chi connectivity index (χ2v) is 4.21. The molecule has 102 valence electrons. The quantitative estimate of drug-likeness (QED) is 0.746. The number of carbonyl (C=O) groups excluding carboxylic acids is 2. The zero-order valence-corrected chi connectivity index (χ0v) is 11.0. The third-order valence-electron chi connectivity index (χ3n) is 2.54. The number of carbonyl (C=O) groups is 2. The maximum atomic E-state index is 12.0. The van der Waals surface area contributed by atoms with Crippen molar-refractivity contribution in [2.75, 3.05) is 10.7 Å². The highest BCUT2D eigenvalue weighted by atomic mass is 16.2. The lowest BCUT2D eigenvalue weighted by atomic mass is 10.2. The van der Waals surface area contributed by atoms with Crippen LogP contribution in [0.25, 0.3) is 0 Å². The molecule has 5 nitrogen and oxygen atoms in total. The van der Waals surface area contributed by atoms with Gasteiger partial charge in [0.15, 0.2) is 0 Å². The van der Waals surface area contributed by atoms with Gasteiger partial charge in [0, 0.05) is 18.2 Å². The van der Waals surface area contributed by atoms with Gasteiger partial charge in [0.25, 0.3) is 5.91 Å². The monoisotopic (exact) mass is 269 g/mol. The summed E-state index contributed by atoms with van der Waals surface area (Å²) in [7, 11) is 0. The van der Waals surface area contributed by atoms with E-state index in [-0.39, 0.29) is 11.8 Å². The highest BCUT2D eigenvalue weighted by Crippen LogP contribution is 2.11. The molecule has 0 aromatic heterocycles. The smallest absolute Gasteiger partial charge is 0.269 e. The normalized spacial score (nSPS) is 9.65. The van der Waals surface area contributed by atoms with Gasteiger partial charge in [-0.1, -0.05) is 24.3 Å². The molecule has 0 saturated carbocycles. The fraction of sp³-hybridized carbons (Fsp3) is 0.0667. The summed E-state index contributed by atoms with van der Waals surface area (Å²) in [6.07, 6.45) is 0. The molecule has 2 amide bonds. The fourth-order valence-corrected chi connectivity index (χ4v) is 1.66. The average Bonchev–Trinajstić information content (AvgIpc) is 2.45. The largest absolute Gasteiger partial charge is 0.326 e. The molecule has 0 aliphatic heterocycles. The molecule has 0 bridgehead atoms. The zero-order chi connectivity index (χ0) is 14.4. The summed E-state index contributed by atoms with van der Waals surface area (Å²) in [5.74, 6) is -0.453. The summed E-state index contributed by atoms with van der Waals surface area (Å²) in [6.45, 7) is 1.42. The van der Waals surface area contributed by atoms with E-state index in [9.17, 15) is 9.59 Å². The maximum absolute atomic E-state index is 12.0. The average molecular weight is 269 g/mol. The number of hydrogen-bond donors (Lipinski definition) is 3. The van der Waals surface area contributed by atoms with E-state index in [0.717, 1.165) is 5.69 Å². The Morgan fingerprint density at radius 1 is 0.900 bits per heavy atom. The van der Waals surface area contributed by atoms with Crippen LogP contribution in [-0.4, -0.2) is 11.8 Å². The van der Waals surface area contributed by atoms with Gasteiger partial charge < -0.3 is 5.32 Å². The predicted molar refractivity (Wildman–Crippen MR) is 78.3 cm³/mol. The first kappa shape index (κ1) is 13.6. The van der Waals surface area contributed by atoms with Crippen molar-refractivity contribution in [3.63, 3.8) is 0 Å². The predicted octanol–water partition coefficient (Wildman–Crippen LogP) is 2.40. The number of nitrogens with one attached hydrogen (secondary N) is 3. The maximum Gasteiger partial charge on any atom is 0.269 e. The number of anilines is 2. The Balaban J connectivity index is 2.00. The molecule has 20 heavy (non-hydrogen) atoms. The van der Waals surface area contributed by atoms with Gasteiger partial charge in [0.2, 0.25) is 5.91 Å². The first-order valence-corrected chi connectivity index (χ1v) is 6.14. The Hall–Kier alpha value is -2.82. The van der Waals surface area contributed by atoms with Gasteiger partial charge in [-0.25, -0.2) is 0 Å². The molecule has 0 radical (unpaired) electrons. The fourth-order valence-electron chi connectivity index (χ4n) is 1.66. The van der Waals surface area contributed by atoms with Gasteiger partial charge in [0.05, 0.1) is 5.69 Å². The van der Waals surface area contributed by atoms with Crippen LogP contribution in [-0.2, 0) is 4.79 Å². The van der Waals surface area contributed by atoms with Crippen molar-refractivity contribution in [3.05, 3.63) is 60.2 Å². The summed E-state index contributed by atoms with van der Waals surface area (Å²) < 4.78 is 0. The summed E-state index contributed by atoms with van der Waals surface area (Å²) in [5, 5.41) is 2.63. The Morgan fingerprint density at radius 2 is 1.60 bits per heavy atom. The summed E-state index contributed by atoms with van der Waals surface area (Å²) in [5.41, 5.74) is 7.25. The van der Waals surface area contributed by atoms with Gasteiger partial charge in [-0.15, -0.1) is 0 Å². The van der Waals surface area contributed by atoms with Crippen molar-refractivity contribution < 1.29 is 9.59 Å². The van der Waals surface area contributed by atoms with Crippen LogP contribution in [0.2, 0.25) is 0 Å². The van der Waals surface area contributed by atoms with E-state index in [1.165, 1.54) is 6.92 Å². The van der Waals surface area contributed by atoms with Gasteiger partial charge >= 0.3 is 0 Å². The van der Waals surface area contributed by atoms with Crippen molar-refractivity contribution in [1.29, 1.82) is 0 Å². The van der Waals surface area contributed by atoms with Crippen LogP contribution in [0, 0.1) is 0 Å². The van der Waals surface area contributed by atoms with E-state index in [4.69, 9.17) is 0 Å². The molecule has 0 aliphatic rings. The minimum atomic E-state index is -0.277. The Kier molecular flexibility index (Phi) is 4.34. The zero-order valence-electron chi connectivity index (χ0n) is 11.0. The highest BCUT2D eigenvalue weighted by molar-refractivity contribution is 5.97. The Labute approximate surface area is 117 Å². The van der Waals surface area contributed by atoms with E-state index in [0.29, 0.717) is 11.3 Å². The van der Waals surface area contributed by atoms with E-state index >= 15 is 0 Å². The molecule has 0 fully saturated rings. The molecule has 2 aromatic rings. The first-order chi connectivity index (χ1) is 9.65. The molecule has 0 spiro atoms. The van der Waals surface area contributed by atoms with Crippen LogP contribution in [0.3, 0.4) is 0 Å². The minimum absolute atomic E-state index is 0.176. The second kappa shape index (κ2) is 6.38. The minimum Gasteiger partial charge on any atom is -0.326 e. The number of para-hydroxylation sites is 1. The van der Waals surface area contributed by atoms with Crippen LogP contribution in [0.15, 0.2) is 54.6 Å². The Bertz CT molecular complexity index is 612. The number of benzene rings is 2. The van der Waals surface area contributed by atoms with Crippen molar-refractivity contribution in [3.8, 4) is 0 Å². The molecule has 0 heterocycles. The second-order valence-electron chi connectivity index (χ2n) is 4.21. The molecule has 0 aliphatic carbocycles. The molecule has 3 N–H and O–H groups in total. The molecular formula is C15H15N3O2. The van der Waals surface area contributed by atoms with Gasteiger partial charge in [-0.3, -0.25) is 20.4 Å². The van der Waals surface area contributed by atoms with Crippen molar-refractivity contribution >= 4 is 23.2 Å². The Morgan fingerprint density at radius 3 is 2.30 bits per heavy atom. The number of amides is 2. The van der Waals surface area contributed by atoms with Crippen LogP contribution < -0.4 is 16.2 Å². The van der Waals surface area contributed by atoms with Crippen LogP contribution in [0.1, 0.15) is 17.3 Å². The molecule has 0 saturated heterocycles. The molecule has 2 rings (SSSR count). The summed E-state index contributed by atoms with van der Waals surface area (Å²) in [4.78, 5) is 23.0. The molecule has 0 unspecified atom stereocenters. The lowest BCUT2D eigenvalue weighted by Crippen LogP contribution is -2.29. The molecule has 5 heteroatoms. The van der Waals surface area contributed by atoms with E-state index in [1.807, 2.05) is 30.3 Å². The van der Waals surface area contributed by atoms with Gasteiger partial charge in [0.1, 0.15) is 0 Å². The molecule has 2 aromatic carbocycles. The van der Waals surface area contributed by atoms with E-state index in [1.54, 1.807) is 24.3 Å². The third-order valence-corrected chi connectivity index (χ3v) is 2.54. The number of hydrogen-bond acceptors (Lipinski definition) is 3. The van der Waals surface area contributed by atoms with E-state index < -0.39 is 0 Å². The van der Waals surface area contributed by atoms with Gasteiger partial charge in [-0.05, 0) is 30.3 Å². The van der Waals surface area contributed by atoms with Crippen molar-refractivity contribution in [2.45, 2.75) is 6.92 Å². The van der Waals surface area contributed by atoms with Crippen LogP contribution >= 0.6 is 0 Å². The summed E-state index contributed by atoms with van der Waals surface area (Å²) in [6, 6.07) is 16.0. The first-order valence-electron chi connectivity index (χ1n) is 6.14. The van der Waals surface area contributed by atoms with E-state index in [2.05, 4.69) is 16.2 Å². The van der Waals surface area contributed by atoms with Crippen molar-refractivity contribution in [1.82, 2.24) is 5.43 Å². The topological polar surface area (TPSA) is 70.2 Å². The summed E-state index contributed by atoms with van der Waals surface area (Å²) >= 11 is 0. The van der Waals surface area contributed by atoms with Gasteiger partial charge in [-0.2, -0.15) is 0 Å². The lowest BCUT2D eigenvalue weighted by Gasteiger charge is -2.09. The SMILES string of the molecule is CC(=O)Nc1cccc(C(=O)NNc2ccccc2)c1. The number of rotatable bonds is 4. The molecule has 0 atom stereocenters.